The van der Waals surface area contributed by atoms with Gasteiger partial charge in [0.25, 0.3) is 0 Å². The highest BCUT2D eigenvalue weighted by atomic mass is 16.5. The Balaban J connectivity index is 1.86. The van der Waals surface area contributed by atoms with Crippen molar-refractivity contribution in [2.24, 2.45) is 11.1 Å². The molecule has 0 aromatic heterocycles. The zero-order valence-electron chi connectivity index (χ0n) is 10.5. The Kier molecular flexibility index (Phi) is 4.19. The number of hydrogen-bond donors (Lipinski definition) is 1. The van der Waals surface area contributed by atoms with E-state index in [1.54, 1.807) is 0 Å². The number of ether oxygens (including phenoxy) is 1. The van der Waals surface area contributed by atoms with E-state index in [4.69, 9.17) is 10.5 Å². The monoisotopic (exact) mass is 227 g/mol. The van der Waals surface area contributed by atoms with E-state index in [0.29, 0.717) is 5.41 Å². The van der Waals surface area contributed by atoms with Gasteiger partial charge in [-0.05, 0) is 31.8 Å². The van der Waals surface area contributed by atoms with E-state index in [9.17, 15) is 0 Å². The van der Waals surface area contributed by atoms with Crippen molar-refractivity contribution in [1.29, 1.82) is 0 Å². The molecular formula is C12H25N3O. The maximum Gasteiger partial charge on any atom is 0.0472 e. The van der Waals surface area contributed by atoms with E-state index in [2.05, 4.69) is 16.8 Å². The molecule has 2 heterocycles. The quantitative estimate of drug-likeness (QED) is 0.736. The van der Waals surface area contributed by atoms with Gasteiger partial charge in [0.2, 0.25) is 0 Å². The molecule has 2 rings (SSSR count). The molecule has 0 aromatic rings. The van der Waals surface area contributed by atoms with E-state index < -0.39 is 0 Å². The van der Waals surface area contributed by atoms with Gasteiger partial charge in [-0.1, -0.05) is 0 Å². The first-order chi connectivity index (χ1) is 7.74. The predicted octanol–water partition coefficient (Wildman–Crippen LogP) is -0.0107. The molecule has 0 aliphatic carbocycles. The molecule has 2 aliphatic heterocycles. The molecule has 2 aliphatic rings. The van der Waals surface area contributed by atoms with Crippen molar-refractivity contribution in [3.8, 4) is 0 Å². The van der Waals surface area contributed by atoms with Crippen molar-refractivity contribution >= 4 is 0 Å². The number of likely N-dealkylation sites (N-methyl/N-ethyl adjacent to an activating group) is 1. The largest absolute Gasteiger partial charge is 0.381 e. The summed E-state index contributed by atoms with van der Waals surface area (Å²) < 4.78 is 5.45. The molecule has 0 saturated carbocycles. The van der Waals surface area contributed by atoms with E-state index >= 15 is 0 Å². The van der Waals surface area contributed by atoms with Gasteiger partial charge in [0.1, 0.15) is 0 Å². The van der Waals surface area contributed by atoms with Crippen LogP contribution in [0.5, 0.6) is 0 Å². The minimum absolute atomic E-state index is 0.328. The molecule has 4 nitrogen and oxygen atoms in total. The van der Waals surface area contributed by atoms with Crippen LogP contribution in [0.3, 0.4) is 0 Å². The molecule has 0 spiro atoms. The lowest BCUT2D eigenvalue weighted by molar-refractivity contribution is -0.00687. The molecule has 94 valence electrons. The number of hydrogen-bond acceptors (Lipinski definition) is 4. The Morgan fingerprint density at radius 3 is 2.31 bits per heavy atom. The molecule has 16 heavy (non-hydrogen) atoms. The summed E-state index contributed by atoms with van der Waals surface area (Å²) in [6.07, 6.45) is 2.27. The van der Waals surface area contributed by atoms with E-state index in [1.165, 1.54) is 32.7 Å². The maximum atomic E-state index is 5.99. The highest BCUT2D eigenvalue weighted by molar-refractivity contribution is 4.87. The number of nitrogens with zero attached hydrogens (tertiary/aromatic N) is 2. The van der Waals surface area contributed by atoms with Crippen molar-refractivity contribution < 1.29 is 4.74 Å². The van der Waals surface area contributed by atoms with Gasteiger partial charge in [0.05, 0.1) is 0 Å². The Labute approximate surface area is 98.7 Å². The maximum absolute atomic E-state index is 5.99. The Morgan fingerprint density at radius 1 is 1.12 bits per heavy atom. The smallest absolute Gasteiger partial charge is 0.0472 e. The summed E-state index contributed by atoms with van der Waals surface area (Å²) in [4.78, 5) is 4.98. The van der Waals surface area contributed by atoms with Gasteiger partial charge in [0.15, 0.2) is 0 Å². The molecule has 0 aromatic carbocycles. The minimum atomic E-state index is 0.328. The zero-order valence-corrected chi connectivity index (χ0v) is 10.5. The summed E-state index contributed by atoms with van der Waals surface area (Å²) in [6.45, 7) is 8.53. The lowest BCUT2D eigenvalue weighted by Crippen LogP contribution is -2.51. The molecular weight excluding hydrogens is 202 g/mol. The highest BCUT2D eigenvalue weighted by Gasteiger charge is 2.33. The van der Waals surface area contributed by atoms with E-state index in [0.717, 1.165) is 32.6 Å². The zero-order chi connectivity index (χ0) is 11.4. The Bertz CT molecular complexity index is 208. The lowest BCUT2D eigenvalue weighted by Gasteiger charge is -2.42. The summed E-state index contributed by atoms with van der Waals surface area (Å²) in [7, 11) is 2.20. The number of rotatable bonds is 3. The average Bonchev–Trinajstić information content (AvgIpc) is 2.33. The van der Waals surface area contributed by atoms with Gasteiger partial charge in [-0.25, -0.2) is 0 Å². The second-order valence-corrected chi connectivity index (χ2v) is 5.40. The lowest BCUT2D eigenvalue weighted by atomic mass is 9.79. The molecule has 0 unspecified atom stereocenters. The second-order valence-electron chi connectivity index (χ2n) is 5.40. The molecule has 4 heteroatoms. The number of nitrogens with two attached hydrogens (primary N) is 1. The molecule has 2 saturated heterocycles. The van der Waals surface area contributed by atoms with Crippen molar-refractivity contribution in [3.05, 3.63) is 0 Å². The summed E-state index contributed by atoms with van der Waals surface area (Å²) in [6, 6.07) is 0. The first-order valence-corrected chi connectivity index (χ1v) is 6.43. The topological polar surface area (TPSA) is 41.7 Å². The number of piperazine rings is 1. The summed E-state index contributed by atoms with van der Waals surface area (Å²) >= 11 is 0. The fraction of sp³-hybridized carbons (Fsp3) is 1.00. The van der Waals surface area contributed by atoms with Gasteiger partial charge < -0.3 is 20.3 Å². The molecule has 0 amide bonds. The minimum Gasteiger partial charge on any atom is -0.381 e. The van der Waals surface area contributed by atoms with Crippen LogP contribution in [0.2, 0.25) is 0 Å². The normalized spacial score (nSPS) is 28.1. The van der Waals surface area contributed by atoms with E-state index in [-0.39, 0.29) is 0 Å². The average molecular weight is 227 g/mol. The first kappa shape index (κ1) is 12.3. The summed E-state index contributed by atoms with van der Waals surface area (Å²) in [5.41, 5.74) is 6.32. The van der Waals surface area contributed by atoms with Gasteiger partial charge in [-0.15, -0.1) is 0 Å². The summed E-state index contributed by atoms with van der Waals surface area (Å²) in [5.74, 6) is 0. The first-order valence-electron chi connectivity index (χ1n) is 6.43. The molecule has 0 atom stereocenters. The van der Waals surface area contributed by atoms with Crippen molar-refractivity contribution in [3.63, 3.8) is 0 Å². The van der Waals surface area contributed by atoms with Crippen LogP contribution < -0.4 is 5.73 Å². The molecule has 0 radical (unpaired) electrons. The van der Waals surface area contributed by atoms with Gasteiger partial charge in [-0.2, -0.15) is 0 Å². The fourth-order valence-corrected chi connectivity index (χ4v) is 2.71. The Morgan fingerprint density at radius 2 is 1.75 bits per heavy atom. The van der Waals surface area contributed by atoms with Crippen LogP contribution >= 0.6 is 0 Å². The van der Waals surface area contributed by atoms with Gasteiger partial charge >= 0.3 is 0 Å². The van der Waals surface area contributed by atoms with Crippen LogP contribution in [0.4, 0.5) is 0 Å². The Hall–Kier alpha value is -0.160. The van der Waals surface area contributed by atoms with Crippen molar-refractivity contribution in [2.45, 2.75) is 12.8 Å². The third kappa shape index (κ3) is 2.94. The van der Waals surface area contributed by atoms with Crippen molar-refractivity contribution in [1.82, 2.24) is 9.80 Å². The molecule has 2 fully saturated rings. The van der Waals surface area contributed by atoms with Crippen LogP contribution in [0, 0.1) is 5.41 Å². The third-order valence-electron chi connectivity index (χ3n) is 4.14. The summed E-state index contributed by atoms with van der Waals surface area (Å²) in [5, 5.41) is 0. The van der Waals surface area contributed by atoms with Gasteiger partial charge in [0, 0.05) is 45.9 Å². The van der Waals surface area contributed by atoms with Crippen LogP contribution in [0.25, 0.3) is 0 Å². The van der Waals surface area contributed by atoms with Crippen molar-refractivity contribution in [2.75, 3.05) is 59.5 Å². The standard InChI is InChI=1S/C12H25N3O/c1-14-4-6-15(7-5-14)11-12(10-13)2-8-16-9-3-12/h2-11,13H2,1H3. The van der Waals surface area contributed by atoms with Crippen LogP contribution in [0.15, 0.2) is 0 Å². The third-order valence-corrected chi connectivity index (χ3v) is 4.14. The van der Waals surface area contributed by atoms with Crippen LogP contribution in [-0.2, 0) is 4.74 Å². The fourth-order valence-electron chi connectivity index (χ4n) is 2.71. The van der Waals surface area contributed by atoms with E-state index in [1.807, 2.05) is 0 Å². The van der Waals surface area contributed by atoms with Gasteiger partial charge in [-0.3, -0.25) is 0 Å². The highest BCUT2D eigenvalue weighted by Crippen LogP contribution is 2.30. The second kappa shape index (κ2) is 5.45. The van der Waals surface area contributed by atoms with Crippen LogP contribution in [-0.4, -0.2) is 69.3 Å². The predicted molar refractivity (Wildman–Crippen MR) is 65.5 cm³/mol. The molecule has 2 N–H and O–H groups in total. The molecule has 0 bridgehead atoms. The SMILES string of the molecule is CN1CCN(CC2(CN)CCOCC2)CC1. The van der Waals surface area contributed by atoms with Crippen LogP contribution in [0.1, 0.15) is 12.8 Å².